The van der Waals surface area contributed by atoms with Crippen LogP contribution in [0.3, 0.4) is 0 Å². The van der Waals surface area contributed by atoms with E-state index in [1.165, 1.54) is 75.6 Å². The van der Waals surface area contributed by atoms with Gasteiger partial charge in [0.2, 0.25) is 5.91 Å². The molecule has 4 fully saturated rings. The van der Waals surface area contributed by atoms with Gasteiger partial charge in [0.05, 0.1) is 16.1 Å². The second-order valence-corrected chi connectivity index (χ2v) is 26.2. The van der Waals surface area contributed by atoms with Crippen LogP contribution in [0.1, 0.15) is 199 Å². The summed E-state index contributed by atoms with van der Waals surface area (Å²) in [5.41, 5.74) is 5.75. The van der Waals surface area contributed by atoms with E-state index in [2.05, 4.69) is 10.6 Å². The van der Waals surface area contributed by atoms with Gasteiger partial charge in [-0.15, -0.1) is 0 Å². The van der Waals surface area contributed by atoms with Gasteiger partial charge in [-0.25, -0.2) is 4.79 Å². The van der Waals surface area contributed by atoms with Crippen molar-refractivity contribution in [1.29, 1.82) is 0 Å². The zero-order valence-electron chi connectivity index (χ0n) is 51.8. The summed E-state index contributed by atoms with van der Waals surface area (Å²) >= 11 is 12.4. The van der Waals surface area contributed by atoms with Crippen LogP contribution in [0.5, 0.6) is 5.75 Å². The molecule has 2 saturated heterocycles. The van der Waals surface area contributed by atoms with Crippen molar-refractivity contribution in [2.45, 2.75) is 217 Å². The van der Waals surface area contributed by atoms with Gasteiger partial charge in [-0.2, -0.15) is 0 Å². The van der Waals surface area contributed by atoms with Crippen LogP contribution in [0, 0.1) is 33.8 Å². The van der Waals surface area contributed by atoms with E-state index in [9.17, 15) is 34.7 Å². The number of benzene rings is 3. The summed E-state index contributed by atoms with van der Waals surface area (Å²) in [6, 6.07) is 20.6. The van der Waals surface area contributed by atoms with E-state index < -0.39 is 33.8 Å². The standard InChI is InChI=1S/C28H45ClN2O3.C22H32N2O6.C17H26ClNO2/c1-34-18-6-5-16-28(33,23-11-7-13-25(29)20-23)24-12-8-17-31(21-24)27(32)15-14-26(30)19-22-9-3-2-4-10-22;1-22(2,3)30-21(26)23-17(15-16-7-5-4-6-8-16)9-14-20(25)29-19-12-10-18(11-13-19)24(27)28;1-21-11-3-2-9-17(20,15-7-5-10-19-13-15)14-6-4-8-16(18)12-14/h7,11,13,20,22,24,26,33H,2-6,8-10,12,14-19,21,30H2,1H3;10-13,16-17H,4-9,14-15H2,1-3H3,(H,23,26);4,6,8,12,15,19-20H,2-3,5,7,9-11,13H2,1H3/t24-,26-,28-;17-;15-,17-/m111/s1. The monoisotopic (exact) mass is 1220 g/mol. The van der Waals surface area contributed by atoms with Gasteiger partial charge in [-0.3, -0.25) is 19.7 Å². The Morgan fingerprint density at radius 2 is 1.28 bits per heavy atom. The Morgan fingerprint density at radius 3 is 1.80 bits per heavy atom. The number of amides is 2. The maximum Gasteiger partial charge on any atom is 0.407 e. The second-order valence-electron chi connectivity index (χ2n) is 25.4. The van der Waals surface area contributed by atoms with E-state index in [0.29, 0.717) is 48.4 Å². The zero-order valence-corrected chi connectivity index (χ0v) is 53.3. The van der Waals surface area contributed by atoms with Crippen molar-refractivity contribution in [3.8, 4) is 5.75 Å². The minimum absolute atomic E-state index is 0.0119. The van der Waals surface area contributed by atoms with Gasteiger partial charge >= 0.3 is 12.1 Å². The number of methoxy groups -OCH3 is 2. The number of piperidine rings is 2. The number of nitro benzene ring substituents is 1. The van der Waals surface area contributed by atoms with Crippen molar-refractivity contribution in [2.75, 3.05) is 53.6 Å². The lowest BCUT2D eigenvalue weighted by atomic mass is 9.74. The minimum atomic E-state index is -1.00. The number of rotatable bonds is 27. The molecule has 18 heteroatoms. The third kappa shape index (κ3) is 25.7. The van der Waals surface area contributed by atoms with Crippen molar-refractivity contribution in [3.63, 3.8) is 0 Å². The first kappa shape index (κ1) is 71.4. The van der Waals surface area contributed by atoms with Gasteiger partial charge in [-0.1, -0.05) is 112 Å². The largest absolute Gasteiger partial charge is 0.444 e. The average Bonchev–Trinajstić information content (AvgIpc) is 2.86. The molecule has 0 bridgehead atoms. The maximum atomic E-state index is 13.1. The molecule has 4 aliphatic rings. The van der Waals surface area contributed by atoms with E-state index in [1.54, 1.807) is 14.2 Å². The molecule has 6 atom stereocenters. The molecular formula is C67H103Cl2N5O11. The summed E-state index contributed by atoms with van der Waals surface area (Å²) in [7, 11) is 3.42. The van der Waals surface area contributed by atoms with Crippen LogP contribution < -0.4 is 21.1 Å². The number of non-ortho nitro benzene ring substituents is 1. The Kier molecular flexibility index (Phi) is 31.4. The lowest BCUT2D eigenvalue weighted by molar-refractivity contribution is -0.384. The Bertz CT molecular complexity index is 2430. The van der Waals surface area contributed by atoms with Gasteiger partial charge < -0.3 is 50.4 Å². The topological polar surface area (TPSA) is 225 Å². The second kappa shape index (κ2) is 37.5. The average molecular weight is 1230 g/mol. The smallest absolute Gasteiger partial charge is 0.407 e. The molecule has 6 N–H and O–H groups in total. The number of alkyl carbamates (subject to hydrolysis) is 1. The number of nitrogens with one attached hydrogen (secondary N) is 2. The van der Waals surface area contributed by atoms with E-state index >= 15 is 0 Å². The number of nitrogens with two attached hydrogens (primary N) is 1. The molecule has 0 spiro atoms. The predicted octanol–water partition coefficient (Wildman–Crippen LogP) is 14.1. The quantitative estimate of drug-likeness (QED) is 0.0158. The van der Waals surface area contributed by atoms with Gasteiger partial charge in [0, 0.05) is 106 Å². The fourth-order valence-corrected chi connectivity index (χ4v) is 13.3. The number of ether oxygens (including phenoxy) is 4. The molecule has 2 amide bonds. The Labute approximate surface area is 517 Å². The highest BCUT2D eigenvalue weighted by Gasteiger charge is 2.42. The highest BCUT2D eigenvalue weighted by molar-refractivity contribution is 6.30. The Hall–Kier alpha value is -4.39. The summed E-state index contributed by atoms with van der Waals surface area (Å²) in [6.45, 7) is 10.1. The number of nitro groups is 1. The van der Waals surface area contributed by atoms with Crippen molar-refractivity contribution in [3.05, 3.63) is 104 Å². The number of unbranched alkanes of at least 4 members (excludes halogenated alkanes) is 2. The predicted molar refractivity (Wildman–Crippen MR) is 338 cm³/mol. The van der Waals surface area contributed by atoms with Gasteiger partial charge in [-0.05, 0) is 177 Å². The first-order valence-electron chi connectivity index (χ1n) is 31.8. The molecule has 0 unspecified atom stereocenters. The Balaban J connectivity index is 0.000000239. The number of aliphatic hydroxyl groups is 2. The molecule has 2 saturated carbocycles. The molecule has 2 heterocycles. The number of esters is 1. The van der Waals surface area contributed by atoms with Crippen molar-refractivity contribution in [1.82, 2.24) is 15.5 Å². The van der Waals surface area contributed by atoms with E-state index in [1.807, 2.05) is 74.2 Å². The fraction of sp³-hybridized carbons (Fsp3) is 0.687. The lowest BCUT2D eigenvalue weighted by Crippen LogP contribution is -2.48. The van der Waals surface area contributed by atoms with Gasteiger partial charge in [0.25, 0.3) is 5.69 Å². The van der Waals surface area contributed by atoms with Crippen molar-refractivity contribution < 1.29 is 48.5 Å². The number of hydrogen-bond acceptors (Lipinski definition) is 13. The van der Waals surface area contributed by atoms with Gasteiger partial charge in [0.15, 0.2) is 0 Å². The first-order valence-corrected chi connectivity index (χ1v) is 32.6. The van der Waals surface area contributed by atoms with Crippen LogP contribution >= 0.6 is 23.2 Å². The summed E-state index contributed by atoms with van der Waals surface area (Å²) in [5.74, 6) is 1.50. The minimum Gasteiger partial charge on any atom is -0.444 e. The molecule has 476 valence electrons. The summed E-state index contributed by atoms with van der Waals surface area (Å²) < 4.78 is 21.0. The molecular weight excluding hydrogens is 1120 g/mol. The van der Waals surface area contributed by atoms with E-state index in [0.717, 1.165) is 133 Å². The highest BCUT2D eigenvalue weighted by Crippen LogP contribution is 2.42. The summed E-state index contributed by atoms with van der Waals surface area (Å²) in [4.78, 5) is 49.7. The molecule has 7 rings (SSSR count). The molecule has 2 aliphatic carbocycles. The Morgan fingerprint density at radius 1 is 0.729 bits per heavy atom. The molecule has 0 radical (unpaired) electrons. The highest BCUT2D eigenvalue weighted by atomic mass is 35.5. The molecule has 3 aromatic rings. The molecule has 3 aromatic carbocycles. The number of halogens is 2. The normalized spacial score (nSPS) is 20.0. The molecule has 0 aromatic heterocycles. The van der Waals surface area contributed by atoms with Crippen molar-refractivity contribution >= 4 is 46.9 Å². The molecule has 85 heavy (non-hydrogen) atoms. The zero-order chi connectivity index (χ0) is 61.7. The lowest BCUT2D eigenvalue weighted by Gasteiger charge is -2.43. The number of carbonyl (C=O) groups excluding carboxylic acids is 3. The van der Waals surface area contributed by atoms with Crippen LogP contribution in [0.2, 0.25) is 10.0 Å². The number of likely N-dealkylation sites (tertiary alicyclic amines) is 1. The first-order chi connectivity index (χ1) is 40.7. The van der Waals surface area contributed by atoms with E-state index in [-0.39, 0.29) is 47.7 Å². The summed E-state index contributed by atoms with van der Waals surface area (Å²) in [6.07, 6.45) is 24.8. The molecule has 16 nitrogen and oxygen atoms in total. The number of hydrogen-bond donors (Lipinski definition) is 5. The van der Waals surface area contributed by atoms with Crippen molar-refractivity contribution in [2.24, 2.45) is 29.4 Å². The third-order valence-electron chi connectivity index (χ3n) is 17.5. The van der Waals surface area contributed by atoms with Crippen LogP contribution in [0.4, 0.5) is 10.5 Å². The van der Waals surface area contributed by atoms with Crippen LogP contribution in [-0.2, 0) is 35.0 Å². The number of carbonyl (C=O) groups is 3. The van der Waals surface area contributed by atoms with Crippen LogP contribution in [0.15, 0.2) is 72.8 Å². The van der Waals surface area contributed by atoms with Gasteiger partial charge in [0.1, 0.15) is 11.4 Å². The van der Waals surface area contributed by atoms with E-state index in [4.69, 9.17) is 47.9 Å². The number of nitrogens with zero attached hydrogens (tertiary/aromatic N) is 2. The summed E-state index contributed by atoms with van der Waals surface area (Å²) in [5, 5.41) is 41.7. The molecule has 2 aliphatic heterocycles. The van der Waals surface area contributed by atoms with Crippen LogP contribution in [0.25, 0.3) is 0 Å². The van der Waals surface area contributed by atoms with Crippen LogP contribution in [-0.4, -0.2) is 109 Å². The SMILES string of the molecule is CC(C)(C)OC(=O)N[C@H](CCC(=O)Oc1ccc([N+](=O)[O-])cc1)CC1CCCCC1.COCCCC[C@@](O)(c1cccc(Cl)c1)[C@@H]1CCCN(C(=O)CC[C@@H](N)CC2CCCCC2)C1.COCCCC[C@@](O)(c1cccc(Cl)c1)[C@@H]1CCCNC1. The maximum absolute atomic E-state index is 13.1. The third-order valence-corrected chi connectivity index (χ3v) is 18.0. The fourth-order valence-electron chi connectivity index (χ4n) is 12.9.